The van der Waals surface area contributed by atoms with Crippen molar-refractivity contribution in [1.29, 1.82) is 0 Å². The van der Waals surface area contributed by atoms with Crippen LogP contribution in [0.2, 0.25) is 0 Å². The Morgan fingerprint density at radius 1 is 0.524 bits per heavy atom. The molecule has 0 aliphatic rings. The van der Waals surface area contributed by atoms with Gasteiger partial charge in [0.25, 0.3) is 0 Å². The van der Waals surface area contributed by atoms with Crippen LogP contribution in [0.3, 0.4) is 0 Å². The van der Waals surface area contributed by atoms with Crippen molar-refractivity contribution in [1.82, 2.24) is 10.6 Å². The van der Waals surface area contributed by atoms with E-state index in [9.17, 15) is 19.8 Å². The molecule has 2 aromatic carbocycles. The molecule has 0 atom stereocenters. The number of nitrogens with one attached hydrogen (secondary N) is 2. The molecule has 0 aromatic heterocycles. The molecule has 2 rings (SSSR count). The van der Waals surface area contributed by atoms with Gasteiger partial charge in [0.2, 0.25) is 0 Å². The number of aromatic hydroxyl groups is 2. The number of carbonyl (C=O) groups excluding carboxylic acids is 2. The molecule has 0 heterocycles. The Morgan fingerprint density at radius 3 is 0.976 bits per heavy atom. The minimum Gasteiger partial charge on any atom is -0.507 e. The topological polar surface area (TPSA) is 98.7 Å². The zero-order chi connectivity index (χ0) is 32.3. The number of hydrogen-bond acceptors (Lipinski definition) is 4. The molecule has 4 N–H and O–H groups in total. The van der Waals surface area contributed by atoms with E-state index in [0.29, 0.717) is 37.4 Å². The van der Waals surface area contributed by atoms with Crippen LogP contribution in [-0.2, 0) is 44.1 Å². The quantitative estimate of drug-likeness (QED) is 0.198. The first kappa shape index (κ1) is 35.2. The summed E-state index contributed by atoms with van der Waals surface area (Å²) in [6.45, 7) is 25.9. The Labute approximate surface area is 254 Å². The minimum absolute atomic E-state index is 0.196. The highest BCUT2D eigenvalue weighted by Crippen LogP contribution is 2.41. The summed E-state index contributed by atoms with van der Waals surface area (Å²) >= 11 is 0. The smallest absolute Gasteiger partial charge is 0.309 e. The summed E-state index contributed by atoms with van der Waals surface area (Å²) in [6.07, 6.45) is 2.83. The summed E-state index contributed by atoms with van der Waals surface area (Å²) in [5, 5.41) is 27.3. The molecule has 0 unspecified atom stereocenters. The first-order valence-corrected chi connectivity index (χ1v) is 15.3. The third-order valence-electron chi connectivity index (χ3n) is 7.63. The Morgan fingerprint density at radius 2 is 0.762 bits per heavy atom. The lowest BCUT2D eigenvalue weighted by Crippen LogP contribution is -2.40. The van der Waals surface area contributed by atoms with Crippen LogP contribution in [0.1, 0.15) is 129 Å². The van der Waals surface area contributed by atoms with E-state index in [1.807, 2.05) is 0 Å². The van der Waals surface area contributed by atoms with Crippen LogP contribution in [0, 0.1) is 0 Å². The third-order valence-corrected chi connectivity index (χ3v) is 7.63. The predicted octanol–water partition coefficient (Wildman–Crippen LogP) is 7.09. The average Bonchev–Trinajstić information content (AvgIpc) is 2.82. The maximum Gasteiger partial charge on any atom is 0.309 e. The lowest BCUT2D eigenvalue weighted by atomic mass is 9.78. The zero-order valence-electron chi connectivity index (χ0n) is 28.3. The largest absolute Gasteiger partial charge is 0.507 e. The Balaban J connectivity index is 1.91. The molecule has 6 heteroatoms. The molecule has 42 heavy (non-hydrogen) atoms. The molecule has 0 saturated carbocycles. The Hall–Kier alpha value is -3.02. The number of carbonyl (C=O) groups is 2. The summed E-state index contributed by atoms with van der Waals surface area (Å²) in [5.74, 6) is -0.529. The van der Waals surface area contributed by atoms with Crippen molar-refractivity contribution in [2.24, 2.45) is 0 Å². The van der Waals surface area contributed by atoms with Crippen molar-refractivity contribution in [3.63, 3.8) is 0 Å². The SMILES string of the molecule is CC(C)(C)c1cc(CCCNC(=O)C(=O)NCCCc2cc(C(C)(C)C)c(O)c(C(C)(C)C)c2)cc(C(C)(C)C)c1O. The number of rotatable bonds is 8. The fourth-order valence-electron chi connectivity index (χ4n) is 5.11. The summed E-state index contributed by atoms with van der Waals surface area (Å²) < 4.78 is 0. The molecule has 2 aromatic rings. The van der Waals surface area contributed by atoms with Gasteiger partial charge in [-0.1, -0.05) is 107 Å². The number of hydrogen-bond donors (Lipinski definition) is 4. The van der Waals surface area contributed by atoms with Crippen LogP contribution in [0.15, 0.2) is 24.3 Å². The first-order valence-electron chi connectivity index (χ1n) is 15.3. The molecule has 2 amide bonds. The van der Waals surface area contributed by atoms with Gasteiger partial charge in [0.15, 0.2) is 0 Å². The molecule has 0 aliphatic heterocycles. The second-order valence-corrected chi connectivity index (χ2v) is 15.8. The van der Waals surface area contributed by atoms with Crippen molar-refractivity contribution in [3.05, 3.63) is 57.6 Å². The van der Waals surface area contributed by atoms with Crippen molar-refractivity contribution < 1.29 is 19.8 Å². The van der Waals surface area contributed by atoms with Gasteiger partial charge in [-0.3, -0.25) is 9.59 Å². The second kappa shape index (κ2) is 13.1. The summed E-state index contributed by atoms with van der Waals surface area (Å²) in [7, 11) is 0. The molecule has 0 saturated heterocycles. The average molecular weight is 581 g/mol. The highest BCUT2D eigenvalue weighted by molar-refractivity contribution is 6.35. The van der Waals surface area contributed by atoms with Gasteiger partial charge < -0.3 is 20.8 Å². The van der Waals surface area contributed by atoms with Crippen LogP contribution < -0.4 is 10.6 Å². The number of aryl methyl sites for hydroxylation is 2. The van der Waals surface area contributed by atoms with E-state index < -0.39 is 11.8 Å². The van der Waals surface area contributed by atoms with Gasteiger partial charge in [-0.2, -0.15) is 0 Å². The number of amides is 2. The van der Waals surface area contributed by atoms with Gasteiger partial charge in [0.05, 0.1) is 0 Å². The van der Waals surface area contributed by atoms with E-state index in [1.54, 1.807) is 0 Å². The van der Waals surface area contributed by atoms with Crippen molar-refractivity contribution in [3.8, 4) is 11.5 Å². The number of phenols is 2. The first-order chi connectivity index (χ1) is 19.0. The van der Waals surface area contributed by atoms with Gasteiger partial charge in [-0.05, 0) is 80.7 Å². The van der Waals surface area contributed by atoms with E-state index in [4.69, 9.17) is 0 Å². The monoisotopic (exact) mass is 580 g/mol. The number of phenolic OH excluding ortho intramolecular Hbond substituents is 2. The van der Waals surface area contributed by atoms with E-state index >= 15 is 0 Å². The Kier molecular flexibility index (Phi) is 11.0. The fraction of sp³-hybridized carbons (Fsp3) is 0.611. The minimum atomic E-state index is -0.624. The maximum absolute atomic E-state index is 12.4. The predicted molar refractivity (Wildman–Crippen MR) is 174 cm³/mol. The van der Waals surface area contributed by atoms with Crippen molar-refractivity contribution in [2.75, 3.05) is 13.1 Å². The Bertz CT molecular complexity index is 1100. The molecule has 0 spiro atoms. The van der Waals surface area contributed by atoms with Crippen LogP contribution in [0.5, 0.6) is 11.5 Å². The fourth-order valence-corrected chi connectivity index (χ4v) is 5.11. The normalized spacial score (nSPS) is 12.8. The molecule has 0 bridgehead atoms. The lowest BCUT2D eigenvalue weighted by Gasteiger charge is -2.28. The van der Waals surface area contributed by atoms with Crippen LogP contribution in [-0.4, -0.2) is 35.1 Å². The highest BCUT2D eigenvalue weighted by atomic mass is 16.3. The van der Waals surface area contributed by atoms with Gasteiger partial charge >= 0.3 is 11.8 Å². The van der Waals surface area contributed by atoms with Gasteiger partial charge in [0, 0.05) is 13.1 Å². The van der Waals surface area contributed by atoms with E-state index in [-0.39, 0.29) is 21.7 Å². The van der Waals surface area contributed by atoms with E-state index in [0.717, 1.165) is 46.2 Å². The van der Waals surface area contributed by atoms with Crippen LogP contribution >= 0.6 is 0 Å². The van der Waals surface area contributed by atoms with E-state index in [2.05, 4.69) is 118 Å². The summed E-state index contributed by atoms with van der Waals surface area (Å²) in [6, 6.07) is 8.23. The van der Waals surface area contributed by atoms with Gasteiger partial charge in [0.1, 0.15) is 11.5 Å². The van der Waals surface area contributed by atoms with Crippen molar-refractivity contribution in [2.45, 2.75) is 130 Å². The standard InChI is InChI=1S/C36H56N2O4/c1-33(2,3)25-19-23(20-26(29(25)39)34(4,5)6)15-13-17-37-31(41)32(42)38-18-14-16-24-21-27(35(7,8)9)30(40)28(22-24)36(10,11)12/h19-22,39-40H,13-18H2,1-12H3,(H,37,41)(H,38,42). The maximum atomic E-state index is 12.4. The summed E-state index contributed by atoms with van der Waals surface area (Å²) in [5.41, 5.74) is 5.12. The van der Waals surface area contributed by atoms with E-state index in [1.165, 1.54) is 0 Å². The molecule has 0 aliphatic carbocycles. The number of benzene rings is 2. The van der Waals surface area contributed by atoms with Crippen LogP contribution in [0.4, 0.5) is 0 Å². The molecule has 6 nitrogen and oxygen atoms in total. The summed E-state index contributed by atoms with van der Waals surface area (Å²) in [4.78, 5) is 24.8. The van der Waals surface area contributed by atoms with Gasteiger partial charge in [-0.25, -0.2) is 0 Å². The van der Waals surface area contributed by atoms with Crippen molar-refractivity contribution >= 4 is 11.8 Å². The molecule has 0 fully saturated rings. The second-order valence-electron chi connectivity index (χ2n) is 15.8. The molecule has 234 valence electrons. The molecular weight excluding hydrogens is 524 g/mol. The lowest BCUT2D eigenvalue weighted by molar-refractivity contribution is -0.139. The molecular formula is C36H56N2O4. The zero-order valence-corrected chi connectivity index (χ0v) is 28.3. The van der Waals surface area contributed by atoms with Crippen LogP contribution in [0.25, 0.3) is 0 Å². The highest BCUT2D eigenvalue weighted by Gasteiger charge is 2.28. The van der Waals surface area contributed by atoms with Gasteiger partial charge in [-0.15, -0.1) is 0 Å². The molecule has 0 radical (unpaired) electrons. The third kappa shape index (κ3) is 9.50.